The van der Waals surface area contributed by atoms with E-state index in [9.17, 15) is 4.79 Å². The van der Waals surface area contributed by atoms with E-state index in [2.05, 4.69) is 5.32 Å². The van der Waals surface area contributed by atoms with E-state index in [-0.39, 0.29) is 12.5 Å². The molecule has 0 aliphatic heterocycles. The SMILES string of the molecule is C[C@@H](O)CNC(=O)c1ccc(CN)cc1. The Morgan fingerprint density at radius 2 is 2.07 bits per heavy atom. The molecule has 0 heterocycles. The molecule has 0 aliphatic rings. The summed E-state index contributed by atoms with van der Waals surface area (Å²) in [7, 11) is 0. The molecule has 1 aromatic rings. The Morgan fingerprint density at radius 3 is 2.53 bits per heavy atom. The topological polar surface area (TPSA) is 75.3 Å². The summed E-state index contributed by atoms with van der Waals surface area (Å²) in [6, 6.07) is 7.08. The minimum Gasteiger partial charge on any atom is -0.392 e. The summed E-state index contributed by atoms with van der Waals surface area (Å²) in [5.74, 6) is -0.181. The standard InChI is InChI=1S/C11H16N2O2/c1-8(14)7-13-11(15)10-4-2-9(6-12)3-5-10/h2-5,8,14H,6-7,12H2,1H3,(H,13,15)/t8-/m1/s1. The van der Waals surface area contributed by atoms with E-state index in [1.165, 1.54) is 0 Å². The van der Waals surface area contributed by atoms with Crippen molar-refractivity contribution in [1.29, 1.82) is 0 Å². The number of nitrogens with one attached hydrogen (secondary N) is 1. The van der Waals surface area contributed by atoms with Crippen LogP contribution in [0.25, 0.3) is 0 Å². The Bertz CT molecular complexity index is 320. The maximum atomic E-state index is 11.5. The van der Waals surface area contributed by atoms with Crippen molar-refractivity contribution in [3.8, 4) is 0 Å². The number of nitrogens with two attached hydrogens (primary N) is 1. The van der Waals surface area contributed by atoms with Crippen LogP contribution < -0.4 is 11.1 Å². The van der Waals surface area contributed by atoms with Gasteiger partial charge in [-0.15, -0.1) is 0 Å². The zero-order valence-corrected chi connectivity index (χ0v) is 8.73. The summed E-state index contributed by atoms with van der Waals surface area (Å²) in [5.41, 5.74) is 7.01. The molecule has 0 aliphatic carbocycles. The summed E-state index contributed by atoms with van der Waals surface area (Å²) >= 11 is 0. The van der Waals surface area contributed by atoms with E-state index in [1.807, 2.05) is 12.1 Å². The van der Waals surface area contributed by atoms with Crippen LogP contribution in [0.4, 0.5) is 0 Å². The molecule has 0 saturated heterocycles. The molecule has 0 saturated carbocycles. The van der Waals surface area contributed by atoms with Crippen molar-refractivity contribution in [3.05, 3.63) is 35.4 Å². The first kappa shape index (κ1) is 11.7. The lowest BCUT2D eigenvalue weighted by molar-refractivity contribution is 0.0924. The van der Waals surface area contributed by atoms with Crippen LogP contribution in [-0.2, 0) is 6.54 Å². The molecule has 0 radical (unpaired) electrons. The minimum absolute atomic E-state index is 0.181. The van der Waals surface area contributed by atoms with Crippen molar-refractivity contribution in [2.75, 3.05) is 6.54 Å². The number of hydrogen-bond donors (Lipinski definition) is 3. The number of benzene rings is 1. The van der Waals surface area contributed by atoms with Crippen LogP contribution in [0.3, 0.4) is 0 Å². The van der Waals surface area contributed by atoms with Gasteiger partial charge in [0.25, 0.3) is 5.91 Å². The summed E-state index contributed by atoms with van der Waals surface area (Å²) < 4.78 is 0. The maximum Gasteiger partial charge on any atom is 0.251 e. The molecule has 0 unspecified atom stereocenters. The van der Waals surface area contributed by atoms with Gasteiger partial charge in [-0.1, -0.05) is 12.1 Å². The van der Waals surface area contributed by atoms with Crippen molar-refractivity contribution < 1.29 is 9.90 Å². The lowest BCUT2D eigenvalue weighted by Crippen LogP contribution is -2.30. The zero-order valence-electron chi connectivity index (χ0n) is 8.73. The van der Waals surface area contributed by atoms with Gasteiger partial charge in [0.2, 0.25) is 0 Å². The van der Waals surface area contributed by atoms with Gasteiger partial charge in [0.05, 0.1) is 6.10 Å². The second-order valence-electron chi connectivity index (χ2n) is 3.46. The first-order chi connectivity index (χ1) is 7.13. The highest BCUT2D eigenvalue weighted by Gasteiger charge is 2.05. The average molecular weight is 208 g/mol. The lowest BCUT2D eigenvalue weighted by atomic mass is 10.1. The third-order valence-electron chi connectivity index (χ3n) is 2.01. The first-order valence-corrected chi connectivity index (χ1v) is 4.88. The Kier molecular flexibility index (Phi) is 4.27. The fourth-order valence-corrected chi connectivity index (χ4v) is 1.13. The van der Waals surface area contributed by atoms with Crippen molar-refractivity contribution in [3.63, 3.8) is 0 Å². The van der Waals surface area contributed by atoms with Gasteiger partial charge < -0.3 is 16.2 Å². The average Bonchev–Trinajstić information content (AvgIpc) is 2.26. The molecule has 0 spiro atoms. The molecule has 0 bridgehead atoms. The first-order valence-electron chi connectivity index (χ1n) is 4.88. The van der Waals surface area contributed by atoms with Gasteiger partial charge in [-0.2, -0.15) is 0 Å². The van der Waals surface area contributed by atoms with Crippen molar-refractivity contribution in [2.24, 2.45) is 5.73 Å². The number of amides is 1. The third kappa shape index (κ3) is 3.69. The molecule has 0 aromatic heterocycles. The Balaban J connectivity index is 2.58. The second kappa shape index (κ2) is 5.48. The fraction of sp³-hybridized carbons (Fsp3) is 0.364. The third-order valence-corrected chi connectivity index (χ3v) is 2.01. The normalized spacial score (nSPS) is 12.2. The molecule has 4 heteroatoms. The smallest absolute Gasteiger partial charge is 0.251 e. The van der Waals surface area contributed by atoms with Crippen LogP contribution in [0, 0.1) is 0 Å². The highest BCUT2D eigenvalue weighted by Crippen LogP contribution is 2.03. The molecule has 0 fully saturated rings. The van der Waals surface area contributed by atoms with Crippen LogP contribution >= 0.6 is 0 Å². The van der Waals surface area contributed by atoms with E-state index < -0.39 is 6.10 Å². The number of carbonyl (C=O) groups excluding carboxylic acids is 1. The van der Waals surface area contributed by atoms with Crippen molar-refractivity contribution in [2.45, 2.75) is 19.6 Å². The molecule has 1 rings (SSSR count). The molecular formula is C11H16N2O2. The largest absolute Gasteiger partial charge is 0.392 e. The number of aliphatic hydroxyl groups excluding tert-OH is 1. The molecule has 1 aromatic carbocycles. The molecule has 1 atom stereocenters. The van der Waals surface area contributed by atoms with Gasteiger partial charge in [-0.25, -0.2) is 0 Å². The highest BCUT2D eigenvalue weighted by molar-refractivity contribution is 5.94. The van der Waals surface area contributed by atoms with Crippen LogP contribution in [0.2, 0.25) is 0 Å². The summed E-state index contributed by atoms with van der Waals surface area (Å²) in [4.78, 5) is 11.5. The Morgan fingerprint density at radius 1 is 1.47 bits per heavy atom. The maximum absolute atomic E-state index is 11.5. The summed E-state index contributed by atoms with van der Waals surface area (Å²) in [6.45, 7) is 2.35. The van der Waals surface area contributed by atoms with Crippen molar-refractivity contribution in [1.82, 2.24) is 5.32 Å². The van der Waals surface area contributed by atoms with E-state index in [1.54, 1.807) is 19.1 Å². The van der Waals surface area contributed by atoms with Gasteiger partial charge >= 0.3 is 0 Å². The van der Waals surface area contributed by atoms with Gasteiger partial charge in [0, 0.05) is 18.7 Å². The van der Waals surface area contributed by atoms with Crippen LogP contribution in [-0.4, -0.2) is 23.7 Å². The van der Waals surface area contributed by atoms with Gasteiger partial charge in [0.1, 0.15) is 0 Å². The van der Waals surface area contributed by atoms with E-state index >= 15 is 0 Å². The number of hydrogen-bond acceptors (Lipinski definition) is 3. The quantitative estimate of drug-likeness (QED) is 0.664. The van der Waals surface area contributed by atoms with Crippen LogP contribution in [0.5, 0.6) is 0 Å². The molecular weight excluding hydrogens is 192 g/mol. The minimum atomic E-state index is -0.530. The number of carbonyl (C=O) groups is 1. The van der Waals surface area contributed by atoms with Crippen molar-refractivity contribution >= 4 is 5.91 Å². The van der Waals surface area contributed by atoms with E-state index in [0.717, 1.165) is 5.56 Å². The molecule has 1 amide bonds. The second-order valence-corrected chi connectivity index (χ2v) is 3.46. The van der Waals surface area contributed by atoms with Gasteiger partial charge in [0.15, 0.2) is 0 Å². The monoisotopic (exact) mass is 208 g/mol. The predicted octanol–water partition coefficient (Wildman–Crippen LogP) is 0.256. The highest BCUT2D eigenvalue weighted by atomic mass is 16.3. The Labute approximate surface area is 89.1 Å². The predicted molar refractivity (Wildman–Crippen MR) is 58.3 cm³/mol. The zero-order chi connectivity index (χ0) is 11.3. The van der Waals surface area contributed by atoms with Gasteiger partial charge in [-0.05, 0) is 24.6 Å². The Hall–Kier alpha value is -1.39. The molecule has 4 N–H and O–H groups in total. The molecule has 82 valence electrons. The summed E-state index contributed by atoms with van der Waals surface area (Å²) in [5, 5.41) is 11.6. The number of aliphatic hydroxyl groups is 1. The molecule has 15 heavy (non-hydrogen) atoms. The number of rotatable bonds is 4. The fourth-order valence-electron chi connectivity index (χ4n) is 1.13. The van der Waals surface area contributed by atoms with Gasteiger partial charge in [-0.3, -0.25) is 4.79 Å². The molecule has 4 nitrogen and oxygen atoms in total. The lowest BCUT2D eigenvalue weighted by Gasteiger charge is -2.07. The summed E-state index contributed by atoms with van der Waals surface area (Å²) in [6.07, 6.45) is -0.530. The van der Waals surface area contributed by atoms with Crippen LogP contribution in [0.15, 0.2) is 24.3 Å². The van der Waals surface area contributed by atoms with E-state index in [0.29, 0.717) is 12.1 Å². The van der Waals surface area contributed by atoms with Crippen LogP contribution in [0.1, 0.15) is 22.8 Å². The van der Waals surface area contributed by atoms with E-state index in [4.69, 9.17) is 10.8 Å².